The van der Waals surface area contributed by atoms with Crippen molar-refractivity contribution in [3.63, 3.8) is 0 Å². The van der Waals surface area contributed by atoms with Gasteiger partial charge in [0.2, 0.25) is 0 Å². The van der Waals surface area contributed by atoms with E-state index in [1.54, 1.807) is 0 Å². The molecule has 0 bridgehead atoms. The summed E-state index contributed by atoms with van der Waals surface area (Å²) in [4.78, 5) is 11.0. The first-order chi connectivity index (χ1) is 8.47. The molecule has 0 fully saturated rings. The lowest BCUT2D eigenvalue weighted by atomic mass is 9.97. The molecule has 6 heteroatoms. The summed E-state index contributed by atoms with van der Waals surface area (Å²) < 4.78 is 10.4. The largest absolute Gasteiger partial charge is 0.493 e. The molecule has 0 saturated carbocycles. The topological polar surface area (TPSA) is 81.8 Å². The van der Waals surface area contributed by atoms with E-state index < -0.39 is 12.0 Å². The molecular weight excluding hydrogens is 258 g/mol. The van der Waals surface area contributed by atoms with E-state index in [1.165, 1.54) is 20.3 Å². The highest BCUT2D eigenvalue weighted by Gasteiger charge is 2.25. The van der Waals surface area contributed by atoms with E-state index >= 15 is 0 Å². The lowest BCUT2D eigenvalue weighted by molar-refractivity contribution is -0.138. The molecule has 0 aliphatic carbocycles. The monoisotopic (exact) mass is 273 g/mol. The van der Waals surface area contributed by atoms with E-state index in [2.05, 4.69) is 0 Å². The van der Waals surface area contributed by atoms with Gasteiger partial charge in [0, 0.05) is 17.2 Å². The van der Waals surface area contributed by atoms with Crippen LogP contribution < -0.4 is 15.2 Å². The number of carboxylic acids is 1. The molecule has 0 aliphatic heterocycles. The van der Waals surface area contributed by atoms with Gasteiger partial charge < -0.3 is 20.3 Å². The number of nitrogens with two attached hydrogens (primary N) is 1. The van der Waals surface area contributed by atoms with E-state index in [0.717, 1.165) is 0 Å². The highest BCUT2D eigenvalue weighted by Crippen LogP contribution is 2.40. The summed E-state index contributed by atoms with van der Waals surface area (Å²) in [5.41, 5.74) is 6.66. The highest BCUT2D eigenvalue weighted by atomic mass is 35.5. The van der Waals surface area contributed by atoms with E-state index in [4.69, 9.17) is 31.9 Å². The van der Waals surface area contributed by atoms with Crippen molar-refractivity contribution in [2.45, 2.75) is 19.4 Å². The molecule has 0 heterocycles. The normalized spacial score (nSPS) is 12.1. The lowest BCUT2D eigenvalue weighted by Gasteiger charge is -2.19. The molecule has 1 aromatic carbocycles. The predicted octanol–water partition coefficient (Wildman–Crippen LogP) is 2.00. The average molecular weight is 274 g/mol. The molecule has 1 aromatic rings. The van der Waals surface area contributed by atoms with Crippen LogP contribution in [0.5, 0.6) is 11.5 Å². The lowest BCUT2D eigenvalue weighted by Crippen LogP contribution is -2.23. The molecule has 1 rings (SSSR count). The van der Waals surface area contributed by atoms with Crippen LogP contribution in [0, 0.1) is 0 Å². The Bertz CT molecular complexity index is 462. The zero-order valence-corrected chi connectivity index (χ0v) is 11.2. The van der Waals surface area contributed by atoms with Gasteiger partial charge in [-0.05, 0) is 6.42 Å². The minimum Gasteiger partial charge on any atom is -0.493 e. The fourth-order valence-electron chi connectivity index (χ4n) is 1.86. The number of carbonyl (C=O) groups is 1. The smallest absolute Gasteiger partial charge is 0.325 e. The first kappa shape index (κ1) is 14.6. The molecule has 0 spiro atoms. The molecule has 1 atom stereocenters. The number of carboxylic acid groups (broad SMARTS) is 1. The van der Waals surface area contributed by atoms with Gasteiger partial charge in [-0.25, -0.2) is 0 Å². The Morgan fingerprint density at radius 2 is 2.11 bits per heavy atom. The van der Waals surface area contributed by atoms with Gasteiger partial charge in [-0.15, -0.1) is 0 Å². The third kappa shape index (κ3) is 2.52. The summed E-state index contributed by atoms with van der Waals surface area (Å²) in [6.45, 7) is 1.87. The number of halogens is 1. The second kappa shape index (κ2) is 5.93. The van der Waals surface area contributed by atoms with Crippen LogP contribution >= 0.6 is 11.6 Å². The molecule has 18 heavy (non-hydrogen) atoms. The summed E-state index contributed by atoms with van der Waals surface area (Å²) in [6.07, 6.45) is 0.538. The Balaban J connectivity index is 3.55. The maximum absolute atomic E-state index is 11.0. The van der Waals surface area contributed by atoms with Crippen LogP contribution in [0.25, 0.3) is 0 Å². The molecule has 5 nitrogen and oxygen atoms in total. The Labute approximate surface area is 110 Å². The number of benzene rings is 1. The first-order valence-electron chi connectivity index (χ1n) is 5.39. The highest BCUT2D eigenvalue weighted by molar-refractivity contribution is 6.32. The van der Waals surface area contributed by atoms with Crippen LogP contribution in [0.4, 0.5) is 0 Å². The molecule has 0 amide bonds. The van der Waals surface area contributed by atoms with Gasteiger partial charge in [0.25, 0.3) is 0 Å². The van der Waals surface area contributed by atoms with Crippen molar-refractivity contribution in [1.29, 1.82) is 0 Å². The second-order valence-electron chi connectivity index (χ2n) is 3.66. The quantitative estimate of drug-likeness (QED) is 0.857. The number of rotatable bonds is 5. The zero-order chi connectivity index (χ0) is 13.9. The Hall–Kier alpha value is -1.46. The van der Waals surface area contributed by atoms with Crippen molar-refractivity contribution >= 4 is 17.6 Å². The molecule has 0 aromatic heterocycles. The molecule has 0 saturated heterocycles. The summed E-state index contributed by atoms with van der Waals surface area (Å²) >= 11 is 6.08. The number of hydrogen-bond acceptors (Lipinski definition) is 4. The van der Waals surface area contributed by atoms with Crippen molar-refractivity contribution in [2.75, 3.05) is 14.2 Å². The van der Waals surface area contributed by atoms with Gasteiger partial charge in [-0.2, -0.15) is 0 Å². The van der Waals surface area contributed by atoms with E-state index in [9.17, 15) is 4.79 Å². The standard InChI is InChI=1S/C12H16ClNO4/c1-4-6-9(10(14)12(15)16)7(13)5-8(17-2)11(6)18-3/h5,10H,4,14H2,1-3H3,(H,15,16). The van der Waals surface area contributed by atoms with Gasteiger partial charge in [0.1, 0.15) is 6.04 Å². The predicted molar refractivity (Wildman–Crippen MR) is 68.5 cm³/mol. The number of aliphatic carboxylic acids is 1. The van der Waals surface area contributed by atoms with Crippen LogP contribution in [0.2, 0.25) is 5.02 Å². The summed E-state index contributed by atoms with van der Waals surface area (Å²) in [5, 5.41) is 9.28. The Morgan fingerprint density at radius 1 is 1.50 bits per heavy atom. The Morgan fingerprint density at radius 3 is 2.50 bits per heavy atom. The third-order valence-electron chi connectivity index (χ3n) is 2.69. The van der Waals surface area contributed by atoms with Gasteiger partial charge in [0.15, 0.2) is 11.5 Å². The third-order valence-corrected chi connectivity index (χ3v) is 3.01. The van der Waals surface area contributed by atoms with Gasteiger partial charge in [-0.3, -0.25) is 4.79 Å². The summed E-state index contributed by atoms with van der Waals surface area (Å²) in [7, 11) is 2.98. The van der Waals surface area contributed by atoms with Crippen LogP contribution in [-0.2, 0) is 11.2 Å². The van der Waals surface area contributed by atoms with Crippen LogP contribution in [0.3, 0.4) is 0 Å². The maximum atomic E-state index is 11.0. The molecular formula is C12H16ClNO4. The van der Waals surface area contributed by atoms with Crippen LogP contribution in [0.1, 0.15) is 24.1 Å². The van der Waals surface area contributed by atoms with E-state index in [1.807, 2.05) is 6.92 Å². The fourth-order valence-corrected chi connectivity index (χ4v) is 2.19. The van der Waals surface area contributed by atoms with Gasteiger partial charge in [-0.1, -0.05) is 18.5 Å². The zero-order valence-electron chi connectivity index (χ0n) is 10.5. The molecule has 0 aliphatic rings. The molecule has 1 unspecified atom stereocenters. The molecule has 3 N–H and O–H groups in total. The SMILES string of the molecule is CCc1c(OC)c(OC)cc(Cl)c1C(N)C(=O)O. The maximum Gasteiger partial charge on any atom is 0.325 e. The van der Waals surface area contributed by atoms with Crippen molar-refractivity contribution in [2.24, 2.45) is 5.73 Å². The van der Waals surface area contributed by atoms with Crippen LogP contribution in [0.15, 0.2) is 6.07 Å². The minimum absolute atomic E-state index is 0.263. The minimum atomic E-state index is -1.19. The van der Waals surface area contributed by atoms with Crippen molar-refractivity contribution in [3.05, 3.63) is 22.2 Å². The molecule has 0 radical (unpaired) electrons. The number of methoxy groups -OCH3 is 2. The summed E-state index contributed by atoms with van der Waals surface area (Å²) in [6, 6.07) is 0.324. The van der Waals surface area contributed by atoms with Crippen molar-refractivity contribution in [1.82, 2.24) is 0 Å². The van der Waals surface area contributed by atoms with E-state index in [-0.39, 0.29) is 5.02 Å². The fraction of sp³-hybridized carbons (Fsp3) is 0.417. The van der Waals surface area contributed by atoms with Crippen LogP contribution in [-0.4, -0.2) is 25.3 Å². The number of hydrogen-bond donors (Lipinski definition) is 2. The second-order valence-corrected chi connectivity index (χ2v) is 4.06. The first-order valence-corrected chi connectivity index (χ1v) is 5.77. The Kier molecular flexibility index (Phi) is 4.81. The average Bonchev–Trinajstić information content (AvgIpc) is 2.36. The van der Waals surface area contributed by atoms with Crippen molar-refractivity contribution in [3.8, 4) is 11.5 Å². The van der Waals surface area contributed by atoms with Crippen molar-refractivity contribution < 1.29 is 19.4 Å². The van der Waals surface area contributed by atoms with Gasteiger partial charge >= 0.3 is 5.97 Å². The number of ether oxygens (including phenoxy) is 2. The van der Waals surface area contributed by atoms with E-state index in [0.29, 0.717) is 29.0 Å². The van der Waals surface area contributed by atoms with Gasteiger partial charge in [0.05, 0.1) is 19.2 Å². The summed E-state index contributed by atoms with van der Waals surface area (Å²) in [5.74, 6) is -0.212. The molecule has 100 valence electrons.